The van der Waals surface area contributed by atoms with Gasteiger partial charge in [-0.05, 0) is 19.1 Å². The molecule has 0 aromatic heterocycles. The molecule has 0 amide bonds. The van der Waals surface area contributed by atoms with Gasteiger partial charge in [-0.25, -0.2) is 0 Å². The Morgan fingerprint density at radius 2 is 1.85 bits per heavy atom. The van der Waals surface area contributed by atoms with Crippen molar-refractivity contribution in [3.8, 4) is 5.75 Å². The lowest BCUT2D eigenvalue weighted by Gasteiger charge is -2.35. The normalized spacial score (nSPS) is 15.1. The van der Waals surface area contributed by atoms with Gasteiger partial charge in [-0.1, -0.05) is 24.3 Å². The molecule has 0 unspecified atom stereocenters. The minimum Gasteiger partial charge on any atom is -0.495 e. The third-order valence-electron chi connectivity index (χ3n) is 4.45. The van der Waals surface area contributed by atoms with Gasteiger partial charge < -0.3 is 9.64 Å². The molecule has 1 aliphatic rings. The lowest BCUT2D eigenvalue weighted by molar-refractivity contribution is -0.384. The Kier molecular flexibility index (Phi) is 5.36. The van der Waals surface area contributed by atoms with E-state index >= 15 is 0 Å². The van der Waals surface area contributed by atoms with Crippen LogP contribution in [0.4, 0.5) is 11.4 Å². The molecule has 0 atom stereocenters. The maximum Gasteiger partial charge on any atom is 0.270 e. The Morgan fingerprint density at radius 3 is 2.54 bits per heavy atom. The quantitative estimate of drug-likeness (QED) is 0.469. The maximum atomic E-state index is 10.9. The number of benzene rings is 2. The summed E-state index contributed by atoms with van der Waals surface area (Å²) in [5.41, 5.74) is 2.72. The van der Waals surface area contributed by atoms with E-state index in [0.29, 0.717) is 0 Å². The molecule has 136 valence electrons. The molecule has 1 heterocycles. The predicted molar refractivity (Wildman–Crippen MR) is 102 cm³/mol. The largest absolute Gasteiger partial charge is 0.495 e. The van der Waals surface area contributed by atoms with Gasteiger partial charge in [-0.3, -0.25) is 15.1 Å². The third-order valence-corrected chi connectivity index (χ3v) is 4.45. The molecular formula is C19H22N4O3. The number of para-hydroxylation sites is 2. The van der Waals surface area contributed by atoms with E-state index in [1.165, 1.54) is 6.07 Å². The van der Waals surface area contributed by atoms with Crippen molar-refractivity contribution in [1.29, 1.82) is 0 Å². The molecule has 0 spiro atoms. The average Bonchev–Trinajstić information content (AvgIpc) is 2.68. The number of piperazine rings is 1. The van der Waals surface area contributed by atoms with Crippen LogP contribution in [0.2, 0.25) is 0 Å². The van der Waals surface area contributed by atoms with E-state index in [1.807, 2.05) is 36.2 Å². The molecule has 2 aromatic carbocycles. The highest BCUT2D eigenvalue weighted by Crippen LogP contribution is 2.28. The minimum absolute atomic E-state index is 0.0815. The van der Waals surface area contributed by atoms with E-state index < -0.39 is 0 Å². The standard InChI is InChI=1S/C19H22N4O3/c1-15(16-6-5-7-17(14-16)23(24)25)20-22-12-10-21(11-13-22)18-8-3-4-9-19(18)26-2/h3-9,14H,10-13H2,1-2H3/b20-15+. The Labute approximate surface area is 152 Å². The van der Waals surface area contributed by atoms with Crippen molar-refractivity contribution in [1.82, 2.24) is 5.01 Å². The number of non-ortho nitro benzene ring substituents is 1. The lowest BCUT2D eigenvalue weighted by atomic mass is 10.1. The van der Waals surface area contributed by atoms with Crippen molar-refractivity contribution in [2.45, 2.75) is 6.92 Å². The van der Waals surface area contributed by atoms with Gasteiger partial charge in [-0.2, -0.15) is 5.10 Å². The Hall–Kier alpha value is -3.09. The van der Waals surface area contributed by atoms with Crippen molar-refractivity contribution >= 4 is 17.1 Å². The van der Waals surface area contributed by atoms with Crippen molar-refractivity contribution < 1.29 is 9.66 Å². The second-order valence-corrected chi connectivity index (χ2v) is 6.11. The van der Waals surface area contributed by atoms with Gasteiger partial charge in [0, 0.05) is 30.8 Å². The molecule has 0 radical (unpaired) electrons. The van der Waals surface area contributed by atoms with Gasteiger partial charge in [0.15, 0.2) is 0 Å². The van der Waals surface area contributed by atoms with Crippen LogP contribution in [-0.2, 0) is 0 Å². The fourth-order valence-electron chi connectivity index (χ4n) is 3.04. The van der Waals surface area contributed by atoms with Crippen LogP contribution in [0.3, 0.4) is 0 Å². The third kappa shape index (κ3) is 3.93. The van der Waals surface area contributed by atoms with Gasteiger partial charge in [0.1, 0.15) is 5.75 Å². The van der Waals surface area contributed by atoms with Gasteiger partial charge in [0.05, 0.1) is 36.5 Å². The molecule has 1 saturated heterocycles. The Morgan fingerprint density at radius 1 is 1.12 bits per heavy atom. The summed E-state index contributed by atoms with van der Waals surface area (Å²) in [6.07, 6.45) is 0. The van der Waals surface area contributed by atoms with Gasteiger partial charge in [0.25, 0.3) is 5.69 Å². The lowest BCUT2D eigenvalue weighted by Crippen LogP contribution is -2.44. The van der Waals surface area contributed by atoms with Gasteiger partial charge in [-0.15, -0.1) is 0 Å². The zero-order valence-corrected chi connectivity index (χ0v) is 15.0. The van der Waals surface area contributed by atoms with Crippen LogP contribution >= 0.6 is 0 Å². The molecule has 7 heteroatoms. The van der Waals surface area contributed by atoms with Gasteiger partial charge >= 0.3 is 0 Å². The molecule has 1 fully saturated rings. The first-order chi connectivity index (χ1) is 12.6. The molecule has 2 aromatic rings. The first-order valence-electron chi connectivity index (χ1n) is 8.51. The second kappa shape index (κ2) is 7.86. The Bertz CT molecular complexity index is 814. The summed E-state index contributed by atoms with van der Waals surface area (Å²) >= 11 is 0. The molecule has 3 rings (SSSR count). The van der Waals surface area contributed by atoms with Crippen LogP contribution in [0.5, 0.6) is 5.75 Å². The molecular weight excluding hydrogens is 332 g/mol. The van der Waals surface area contributed by atoms with E-state index in [1.54, 1.807) is 19.2 Å². The zero-order chi connectivity index (χ0) is 18.5. The molecule has 0 N–H and O–H groups in total. The fourth-order valence-corrected chi connectivity index (χ4v) is 3.04. The van der Waals surface area contributed by atoms with Crippen molar-refractivity contribution in [2.24, 2.45) is 5.10 Å². The van der Waals surface area contributed by atoms with Crippen LogP contribution < -0.4 is 9.64 Å². The summed E-state index contributed by atoms with van der Waals surface area (Å²) in [6.45, 7) is 5.12. The van der Waals surface area contributed by atoms with Gasteiger partial charge in [0.2, 0.25) is 0 Å². The van der Waals surface area contributed by atoms with E-state index in [2.05, 4.69) is 16.1 Å². The van der Waals surface area contributed by atoms with Crippen molar-refractivity contribution in [3.05, 3.63) is 64.2 Å². The maximum absolute atomic E-state index is 10.9. The highest BCUT2D eigenvalue weighted by molar-refractivity contribution is 5.99. The average molecular weight is 354 g/mol. The molecule has 1 aliphatic heterocycles. The SMILES string of the molecule is COc1ccccc1N1CCN(/N=C(\C)c2cccc([N+](=O)[O-])c2)CC1. The monoisotopic (exact) mass is 354 g/mol. The number of hydrazone groups is 1. The summed E-state index contributed by atoms with van der Waals surface area (Å²) < 4.78 is 5.44. The summed E-state index contributed by atoms with van der Waals surface area (Å²) in [5.74, 6) is 0.872. The van der Waals surface area contributed by atoms with E-state index in [0.717, 1.165) is 48.9 Å². The fraction of sp³-hybridized carbons (Fsp3) is 0.316. The highest BCUT2D eigenvalue weighted by atomic mass is 16.6. The number of nitrogens with zero attached hydrogens (tertiary/aromatic N) is 4. The molecule has 7 nitrogen and oxygen atoms in total. The number of hydrogen-bond acceptors (Lipinski definition) is 6. The first-order valence-corrected chi connectivity index (χ1v) is 8.51. The van der Waals surface area contributed by atoms with Crippen LogP contribution in [0.25, 0.3) is 0 Å². The molecule has 0 bridgehead atoms. The number of anilines is 1. The van der Waals surface area contributed by atoms with Crippen molar-refractivity contribution in [2.75, 3.05) is 38.2 Å². The van der Waals surface area contributed by atoms with E-state index in [9.17, 15) is 10.1 Å². The number of ether oxygens (including phenoxy) is 1. The van der Waals surface area contributed by atoms with Crippen LogP contribution in [0, 0.1) is 10.1 Å². The molecule has 0 aliphatic carbocycles. The first kappa shape index (κ1) is 17.7. The van der Waals surface area contributed by atoms with E-state index in [-0.39, 0.29) is 10.6 Å². The number of nitro benzene ring substituents is 1. The van der Waals surface area contributed by atoms with E-state index in [4.69, 9.17) is 4.74 Å². The molecule has 26 heavy (non-hydrogen) atoms. The van der Waals surface area contributed by atoms with Crippen LogP contribution in [-0.4, -0.2) is 48.9 Å². The predicted octanol–water partition coefficient (Wildman–Crippen LogP) is 3.15. The summed E-state index contributed by atoms with van der Waals surface area (Å²) in [4.78, 5) is 12.8. The summed E-state index contributed by atoms with van der Waals surface area (Å²) in [5, 5.41) is 17.6. The zero-order valence-electron chi connectivity index (χ0n) is 15.0. The topological polar surface area (TPSA) is 71.2 Å². The van der Waals surface area contributed by atoms with Crippen LogP contribution in [0.1, 0.15) is 12.5 Å². The number of hydrogen-bond donors (Lipinski definition) is 0. The minimum atomic E-state index is -0.386. The number of nitro groups is 1. The molecule has 0 saturated carbocycles. The smallest absolute Gasteiger partial charge is 0.270 e. The van der Waals surface area contributed by atoms with Crippen LogP contribution in [0.15, 0.2) is 53.6 Å². The Balaban J connectivity index is 1.67. The second-order valence-electron chi connectivity index (χ2n) is 6.11. The van der Waals surface area contributed by atoms with Crippen molar-refractivity contribution in [3.63, 3.8) is 0 Å². The number of rotatable bonds is 5. The summed E-state index contributed by atoms with van der Waals surface area (Å²) in [7, 11) is 1.68. The highest BCUT2D eigenvalue weighted by Gasteiger charge is 2.19. The number of methoxy groups -OCH3 is 1. The summed E-state index contributed by atoms with van der Waals surface area (Å²) in [6, 6.07) is 14.6.